The Kier molecular flexibility index (Phi) is 3.37. The average molecular weight is 331 g/mol. The van der Waals surface area contributed by atoms with E-state index in [4.69, 9.17) is 4.98 Å². The predicted molar refractivity (Wildman–Crippen MR) is 74.9 cm³/mol. The second-order valence-electron chi connectivity index (χ2n) is 4.85. The average Bonchev–Trinajstić information content (AvgIpc) is 2.95. The summed E-state index contributed by atoms with van der Waals surface area (Å²) in [5.74, 6) is 3.80. The fourth-order valence-corrected chi connectivity index (χ4v) is 3.01. The molecule has 2 unspecified atom stereocenters. The minimum Gasteiger partial charge on any atom is -0.372 e. The van der Waals surface area contributed by atoms with Gasteiger partial charge in [0.05, 0.1) is 9.26 Å². The Balaban J connectivity index is 2.44. The SMILES string of the molecule is CNc1nc(C2CC2C)nc(C(C)C)c1I. The fraction of sp³-hybridized carbons (Fsp3) is 0.667. The van der Waals surface area contributed by atoms with Gasteiger partial charge >= 0.3 is 0 Å². The molecule has 1 aliphatic rings. The number of hydrogen-bond acceptors (Lipinski definition) is 3. The zero-order chi connectivity index (χ0) is 11.9. The lowest BCUT2D eigenvalue weighted by Gasteiger charge is -2.13. The van der Waals surface area contributed by atoms with Crippen molar-refractivity contribution in [2.24, 2.45) is 5.92 Å². The Labute approximate surface area is 111 Å². The van der Waals surface area contributed by atoms with Crippen LogP contribution in [0.4, 0.5) is 5.82 Å². The van der Waals surface area contributed by atoms with E-state index in [2.05, 4.69) is 53.7 Å². The van der Waals surface area contributed by atoms with Gasteiger partial charge in [0, 0.05) is 13.0 Å². The van der Waals surface area contributed by atoms with Gasteiger partial charge in [0.2, 0.25) is 0 Å². The lowest BCUT2D eigenvalue weighted by molar-refractivity contribution is 0.761. The molecule has 16 heavy (non-hydrogen) atoms. The highest BCUT2D eigenvalue weighted by Crippen LogP contribution is 2.46. The van der Waals surface area contributed by atoms with Gasteiger partial charge in [-0.3, -0.25) is 0 Å². The van der Waals surface area contributed by atoms with E-state index in [1.165, 1.54) is 12.1 Å². The van der Waals surface area contributed by atoms with Crippen molar-refractivity contribution in [3.63, 3.8) is 0 Å². The highest BCUT2D eigenvalue weighted by molar-refractivity contribution is 14.1. The molecular weight excluding hydrogens is 313 g/mol. The summed E-state index contributed by atoms with van der Waals surface area (Å²) >= 11 is 2.33. The summed E-state index contributed by atoms with van der Waals surface area (Å²) in [5.41, 5.74) is 1.18. The molecule has 3 nitrogen and oxygen atoms in total. The summed E-state index contributed by atoms with van der Waals surface area (Å²) in [7, 11) is 1.93. The summed E-state index contributed by atoms with van der Waals surface area (Å²) in [6.07, 6.45) is 1.24. The van der Waals surface area contributed by atoms with Crippen LogP contribution in [0.25, 0.3) is 0 Å². The van der Waals surface area contributed by atoms with Crippen LogP contribution in [-0.4, -0.2) is 17.0 Å². The molecule has 0 radical (unpaired) electrons. The third-order valence-corrected chi connectivity index (χ3v) is 4.18. The van der Waals surface area contributed by atoms with Gasteiger partial charge < -0.3 is 5.32 Å². The van der Waals surface area contributed by atoms with Crippen molar-refractivity contribution in [1.82, 2.24) is 9.97 Å². The number of hydrogen-bond donors (Lipinski definition) is 1. The molecule has 0 bridgehead atoms. The molecule has 1 heterocycles. The Hall–Kier alpha value is -0.390. The molecule has 2 rings (SSSR count). The quantitative estimate of drug-likeness (QED) is 0.863. The van der Waals surface area contributed by atoms with Gasteiger partial charge in [0.1, 0.15) is 11.6 Å². The first-order valence-corrected chi connectivity index (χ1v) is 6.87. The molecule has 0 aliphatic heterocycles. The predicted octanol–water partition coefficient (Wildman–Crippen LogP) is 3.37. The highest BCUT2D eigenvalue weighted by Gasteiger charge is 2.37. The van der Waals surface area contributed by atoms with Crippen molar-refractivity contribution >= 4 is 28.4 Å². The normalized spacial score (nSPS) is 23.6. The molecule has 0 amide bonds. The van der Waals surface area contributed by atoms with Crippen LogP contribution in [0.5, 0.6) is 0 Å². The van der Waals surface area contributed by atoms with Crippen molar-refractivity contribution in [2.75, 3.05) is 12.4 Å². The second kappa shape index (κ2) is 4.47. The lowest BCUT2D eigenvalue weighted by atomic mass is 10.1. The molecule has 1 fully saturated rings. The van der Waals surface area contributed by atoms with E-state index in [0.717, 1.165) is 21.1 Å². The van der Waals surface area contributed by atoms with Crippen LogP contribution in [0.2, 0.25) is 0 Å². The zero-order valence-corrected chi connectivity index (χ0v) is 12.4. The Morgan fingerprint density at radius 1 is 1.38 bits per heavy atom. The molecule has 0 spiro atoms. The van der Waals surface area contributed by atoms with E-state index >= 15 is 0 Å². The summed E-state index contributed by atoms with van der Waals surface area (Å²) in [4.78, 5) is 9.35. The standard InChI is InChI=1S/C12H18IN3/c1-6(2)10-9(13)12(14-4)16-11(15-10)8-5-7(8)3/h6-8H,5H2,1-4H3,(H,14,15,16). The first-order valence-electron chi connectivity index (χ1n) is 5.79. The van der Waals surface area contributed by atoms with Crippen LogP contribution in [0.1, 0.15) is 50.5 Å². The van der Waals surface area contributed by atoms with E-state index in [1.54, 1.807) is 0 Å². The lowest BCUT2D eigenvalue weighted by Crippen LogP contribution is -2.08. The van der Waals surface area contributed by atoms with Gasteiger partial charge in [-0.25, -0.2) is 9.97 Å². The Morgan fingerprint density at radius 2 is 2.00 bits per heavy atom. The number of anilines is 1. The molecule has 4 heteroatoms. The van der Waals surface area contributed by atoms with Gasteiger partial charge in [-0.15, -0.1) is 0 Å². The van der Waals surface area contributed by atoms with Crippen molar-refractivity contribution < 1.29 is 0 Å². The minimum atomic E-state index is 0.454. The molecular formula is C12H18IN3. The smallest absolute Gasteiger partial charge is 0.143 e. The molecule has 1 aromatic rings. The van der Waals surface area contributed by atoms with E-state index in [-0.39, 0.29) is 0 Å². The van der Waals surface area contributed by atoms with Crippen molar-refractivity contribution in [3.8, 4) is 0 Å². The van der Waals surface area contributed by atoms with Gasteiger partial charge in [-0.1, -0.05) is 20.8 Å². The van der Waals surface area contributed by atoms with Gasteiger partial charge in [0.15, 0.2) is 0 Å². The molecule has 0 aromatic carbocycles. The maximum absolute atomic E-state index is 4.73. The number of halogens is 1. The van der Waals surface area contributed by atoms with Crippen LogP contribution in [-0.2, 0) is 0 Å². The van der Waals surface area contributed by atoms with Crippen molar-refractivity contribution in [2.45, 2.75) is 39.0 Å². The molecule has 1 N–H and O–H groups in total. The van der Waals surface area contributed by atoms with Crippen LogP contribution >= 0.6 is 22.6 Å². The molecule has 1 aromatic heterocycles. The third-order valence-electron chi connectivity index (χ3n) is 3.12. The first kappa shape index (κ1) is 12.1. The highest BCUT2D eigenvalue weighted by atomic mass is 127. The van der Waals surface area contributed by atoms with Gasteiger partial charge in [-0.2, -0.15) is 0 Å². The molecule has 88 valence electrons. The van der Waals surface area contributed by atoms with Gasteiger partial charge in [-0.05, 0) is 40.8 Å². The number of aromatic nitrogens is 2. The Bertz CT molecular complexity index is 403. The zero-order valence-electron chi connectivity index (χ0n) is 10.2. The number of nitrogens with one attached hydrogen (secondary N) is 1. The molecule has 2 atom stereocenters. The van der Waals surface area contributed by atoms with E-state index in [0.29, 0.717) is 11.8 Å². The first-order chi connectivity index (χ1) is 7.54. The molecule has 1 aliphatic carbocycles. The monoisotopic (exact) mass is 331 g/mol. The van der Waals surface area contributed by atoms with E-state index < -0.39 is 0 Å². The number of rotatable bonds is 3. The maximum Gasteiger partial charge on any atom is 0.143 e. The van der Waals surface area contributed by atoms with Crippen LogP contribution in [0, 0.1) is 9.49 Å². The van der Waals surface area contributed by atoms with Crippen molar-refractivity contribution in [1.29, 1.82) is 0 Å². The van der Waals surface area contributed by atoms with E-state index in [1.807, 2.05) is 7.05 Å². The topological polar surface area (TPSA) is 37.8 Å². The van der Waals surface area contributed by atoms with E-state index in [9.17, 15) is 0 Å². The third kappa shape index (κ3) is 2.17. The fourth-order valence-electron chi connectivity index (χ4n) is 1.88. The number of nitrogens with zero attached hydrogens (tertiary/aromatic N) is 2. The molecule has 1 saturated carbocycles. The van der Waals surface area contributed by atoms with Crippen LogP contribution in [0.3, 0.4) is 0 Å². The summed E-state index contributed by atoms with van der Waals surface area (Å²) in [5, 5.41) is 3.17. The van der Waals surface area contributed by atoms with Gasteiger partial charge in [0.25, 0.3) is 0 Å². The summed E-state index contributed by atoms with van der Waals surface area (Å²) < 4.78 is 1.16. The van der Waals surface area contributed by atoms with Crippen LogP contribution in [0.15, 0.2) is 0 Å². The molecule has 0 saturated heterocycles. The summed E-state index contributed by atoms with van der Waals surface area (Å²) in [6.45, 7) is 6.63. The Morgan fingerprint density at radius 3 is 2.44 bits per heavy atom. The van der Waals surface area contributed by atoms with Crippen LogP contribution < -0.4 is 5.32 Å². The second-order valence-corrected chi connectivity index (χ2v) is 5.93. The maximum atomic E-state index is 4.73. The van der Waals surface area contributed by atoms with Crippen molar-refractivity contribution in [3.05, 3.63) is 15.1 Å². The minimum absolute atomic E-state index is 0.454. The largest absolute Gasteiger partial charge is 0.372 e. The summed E-state index contributed by atoms with van der Waals surface area (Å²) in [6, 6.07) is 0.